The van der Waals surface area contributed by atoms with Gasteiger partial charge in [0.15, 0.2) is 0 Å². The first-order chi connectivity index (χ1) is 12.7. The van der Waals surface area contributed by atoms with Gasteiger partial charge in [-0.3, -0.25) is 9.69 Å². The van der Waals surface area contributed by atoms with Gasteiger partial charge < -0.3 is 5.32 Å². The number of carbonyl (C=O) groups excluding carboxylic acids is 2. The van der Waals surface area contributed by atoms with E-state index in [1.807, 2.05) is 72.8 Å². The highest BCUT2D eigenvalue weighted by Crippen LogP contribution is 2.36. The summed E-state index contributed by atoms with van der Waals surface area (Å²) in [4.78, 5) is 27.1. The topological polar surface area (TPSA) is 49.4 Å². The number of hydrogen-bond donors (Lipinski definition) is 1. The van der Waals surface area contributed by atoms with Crippen LogP contribution in [-0.4, -0.2) is 16.8 Å². The largest absolute Gasteiger partial charge is 0.329 e. The van der Waals surface area contributed by atoms with Gasteiger partial charge in [-0.25, -0.2) is 4.79 Å². The number of para-hydroxylation sites is 1. The van der Waals surface area contributed by atoms with Crippen LogP contribution in [0.1, 0.15) is 22.7 Å². The Labute approximate surface area is 152 Å². The van der Waals surface area contributed by atoms with Crippen LogP contribution >= 0.6 is 0 Å². The van der Waals surface area contributed by atoms with Gasteiger partial charge in [0.05, 0.1) is 12.5 Å². The number of urea groups is 1. The van der Waals surface area contributed by atoms with Crippen molar-refractivity contribution in [2.45, 2.75) is 12.5 Å². The van der Waals surface area contributed by atoms with Crippen LogP contribution in [0.25, 0.3) is 0 Å². The molecule has 4 heteroatoms. The Kier molecular flexibility index (Phi) is 4.23. The van der Waals surface area contributed by atoms with Crippen molar-refractivity contribution >= 4 is 17.6 Å². The van der Waals surface area contributed by atoms with Crippen LogP contribution in [0.5, 0.6) is 0 Å². The molecule has 3 amide bonds. The van der Waals surface area contributed by atoms with E-state index in [1.54, 1.807) is 12.1 Å². The Hall–Kier alpha value is -3.40. The molecule has 3 aromatic carbocycles. The van der Waals surface area contributed by atoms with E-state index < -0.39 is 12.1 Å². The van der Waals surface area contributed by atoms with Gasteiger partial charge in [0.1, 0.15) is 0 Å². The standard InChI is InChI=1S/C22H18N2O2/c25-20-15-17-11-7-8-14-19(17)21(16-9-3-1-4-10-16)24(20)22(26)23-18-12-5-2-6-13-18/h1-14,21H,15H2,(H,23,26). The first-order valence-corrected chi connectivity index (χ1v) is 8.55. The molecular formula is C22H18N2O2. The van der Waals surface area contributed by atoms with Crippen LogP contribution in [0.2, 0.25) is 0 Å². The fourth-order valence-corrected chi connectivity index (χ4v) is 3.39. The third kappa shape index (κ3) is 2.97. The van der Waals surface area contributed by atoms with Crippen LogP contribution in [-0.2, 0) is 11.2 Å². The van der Waals surface area contributed by atoms with Crippen LogP contribution < -0.4 is 5.32 Å². The van der Waals surface area contributed by atoms with Crippen molar-refractivity contribution in [1.29, 1.82) is 0 Å². The number of amides is 3. The quantitative estimate of drug-likeness (QED) is 0.751. The molecule has 3 aromatic rings. The fourth-order valence-electron chi connectivity index (χ4n) is 3.39. The second kappa shape index (κ2) is 6.84. The highest BCUT2D eigenvalue weighted by Gasteiger charge is 2.37. The van der Waals surface area contributed by atoms with Crippen molar-refractivity contribution in [3.63, 3.8) is 0 Å². The smallest absolute Gasteiger partial charge is 0.307 e. The predicted molar refractivity (Wildman–Crippen MR) is 101 cm³/mol. The highest BCUT2D eigenvalue weighted by atomic mass is 16.2. The van der Waals surface area contributed by atoms with Gasteiger partial charge in [-0.05, 0) is 28.8 Å². The Bertz CT molecular complexity index is 939. The van der Waals surface area contributed by atoms with E-state index in [0.717, 1.165) is 16.7 Å². The van der Waals surface area contributed by atoms with Crippen molar-refractivity contribution in [3.05, 3.63) is 102 Å². The number of carbonyl (C=O) groups is 2. The lowest BCUT2D eigenvalue weighted by molar-refractivity contribution is -0.129. The molecule has 0 radical (unpaired) electrons. The Balaban J connectivity index is 1.76. The third-order valence-electron chi connectivity index (χ3n) is 4.58. The molecule has 0 aliphatic carbocycles. The Morgan fingerprint density at radius 2 is 1.46 bits per heavy atom. The molecule has 0 saturated heterocycles. The summed E-state index contributed by atoms with van der Waals surface area (Å²) in [6.45, 7) is 0. The van der Waals surface area contributed by atoms with E-state index >= 15 is 0 Å². The minimum atomic E-state index is -0.433. The monoisotopic (exact) mass is 342 g/mol. The van der Waals surface area contributed by atoms with Crippen molar-refractivity contribution in [3.8, 4) is 0 Å². The third-order valence-corrected chi connectivity index (χ3v) is 4.58. The van der Waals surface area contributed by atoms with Crippen LogP contribution in [0.3, 0.4) is 0 Å². The fraction of sp³-hybridized carbons (Fsp3) is 0.0909. The van der Waals surface area contributed by atoms with Gasteiger partial charge in [0.25, 0.3) is 0 Å². The van der Waals surface area contributed by atoms with Crippen LogP contribution in [0.15, 0.2) is 84.9 Å². The number of fused-ring (bicyclic) bond motifs is 1. The molecule has 1 atom stereocenters. The summed E-state index contributed by atoms with van der Waals surface area (Å²) < 4.78 is 0. The summed E-state index contributed by atoms with van der Waals surface area (Å²) in [5, 5.41) is 2.84. The SMILES string of the molecule is O=C1Cc2ccccc2C(c2ccccc2)N1C(=O)Nc1ccccc1. The molecule has 1 heterocycles. The van der Waals surface area contributed by atoms with Gasteiger partial charge in [-0.2, -0.15) is 0 Å². The summed E-state index contributed by atoms with van der Waals surface area (Å²) in [5.41, 5.74) is 3.53. The van der Waals surface area contributed by atoms with Crippen LogP contribution in [0, 0.1) is 0 Å². The molecule has 1 aliphatic rings. The minimum Gasteiger partial charge on any atom is -0.307 e. The van der Waals surface area contributed by atoms with Crippen molar-refractivity contribution in [2.75, 3.05) is 5.32 Å². The van der Waals surface area contributed by atoms with Crippen molar-refractivity contribution < 1.29 is 9.59 Å². The van der Waals surface area contributed by atoms with E-state index in [2.05, 4.69) is 5.32 Å². The number of hydrogen-bond acceptors (Lipinski definition) is 2. The number of rotatable bonds is 2. The van der Waals surface area contributed by atoms with E-state index in [-0.39, 0.29) is 12.3 Å². The van der Waals surface area contributed by atoms with E-state index in [4.69, 9.17) is 0 Å². The van der Waals surface area contributed by atoms with Gasteiger partial charge in [-0.1, -0.05) is 72.8 Å². The molecule has 128 valence electrons. The second-order valence-corrected chi connectivity index (χ2v) is 6.25. The Morgan fingerprint density at radius 3 is 2.19 bits per heavy atom. The molecule has 26 heavy (non-hydrogen) atoms. The summed E-state index contributed by atoms with van der Waals surface area (Å²) in [7, 11) is 0. The normalized spacial score (nSPS) is 16.1. The number of imide groups is 1. The maximum absolute atomic E-state index is 13.0. The maximum Gasteiger partial charge on any atom is 0.329 e. The van der Waals surface area contributed by atoms with Gasteiger partial charge in [0.2, 0.25) is 5.91 Å². The number of nitrogens with one attached hydrogen (secondary N) is 1. The highest BCUT2D eigenvalue weighted by molar-refractivity contribution is 6.03. The molecule has 4 rings (SSSR count). The number of nitrogens with zero attached hydrogens (tertiary/aromatic N) is 1. The zero-order valence-corrected chi connectivity index (χ0v) is 14.1. The molecule has 0 fully saturated rings. The molecule has 4 nitrogen and oxygen atoms in total. The zero-order chi connectivity index (χ0) is 17.9. The lowest BCUT2D eigenvalue weighted by Crippen LogP contribution is -2.46. The molecule has 0 spiro atoms. The molecular weight excluding hydrogens is 324 g/mol. The first-order valence-electron chi connectivity index (χ1n) is 8.55. The first kappa shape index (κ1) is 16.1. The molecule has 1 aliphatic heterocycles. The predicted octanol–water partition coefficient (Wildman–Crippen LogP) is 4.39. The molecule has 1 N–H and O–H groups in total. The number of anilines is 1. The average molecular weight is 342 g/mol. The molecule has 0 saturated carbocycles. The summed E-state index contributed by atoms with van der Waals surface area (Å²) in [6, 6.07) is 25.8. The van der Waals surface area contributed by atoms with Gasteiger partial charge >= 0.3 is 6.03 Å². The molecule has 0 bridgehead atoms. The minimum absolute atomic E-state index is 0.203. The summed E-state index contributed by atoms with van der Waals surface area (Å²) in [5.74, 6) is -0.203. The molecule has 0 aromatic heterocycles. The van der Waals surface area contributed by atoms with E-state index in [0.29, 0.717) is 5.69 Å². The van der Waals surface area contributed by atoms with Gasteiger partial charge in [-0.15, -0.1) is 0 Å². The van der Waals surface area contributed by atoms with E-state index in [9.17, 15) is 9.59 Å². The van der Waals surface area contributed by atoms with E-state index in [1.165, 1.54) is 4.90 Å². The summed E-state index contributed by atoms with van der Waals surface area (Å²) in [6.07, 6.45) is 0.224. The number of benzene rings is 3. The summed E-state index contributed by atoms with van der Waals surface area (Å²) >= 11 is 0. The maximum atomic E-state index is 13.0. The molecule has 1 unspecified atom stereocenters. The van der Waals surface area contributed by atoms with Crippen molar-refractivity contribution in [1.82, 2.24) is 4.90 Å². The van der Waals surface area contributed by atoms with Gasteiger partial charge in [0, 0.05) is 5.69 Å². The second-order valence-electron chi connectivity index (χ2n) is 6.25. The zero-order valence-electron chi connectivity index (χ0n) is 14.1. The van der Waals surface area contributed by atoms with Crippen molar-refractivity contribution in [2.24, 2.45) is 0 Å². The Morgan fingerprint density at radius 1 is 0.846 bits per heavy atom. The average Bonchev–Trinajstić information content (AvgIpc) is 2.68. The lowest BCUT2D eigenvalue weighted by atomic mass is 9.88. The van der Waals surface area contributed by atoms with Crippen LogP contribution in [0.4, 0.5) is 10.5 Å². The lowest BCUT2D eigenvalue weighted by Gasteiger charge is -2.36.